The smallest absolute Gasteiger partial charge is 0.339 e. The lowest BCUT2D eigenvalue weighted by molar-refractivity contribution is -0.118. The Morgan fingerprint density at radius 2 is 1.69 bits per heavy atom. The molecule has 1 N–H and O–H groups in total. The normalized spacial score (nSPS) is 10.7. The molecule has 0 saturated heterocycles. The summed E-state index contributed by atoms with van der Waals surface area (Å²) in [7, 11) is 1.57. The number of esters is 1. The van der Waals surface area contributed by atoms with Crippen molar-refractivity contribution < 1.29 is 23.9 Å². The summed E-state index contributed by atoms with van der Waals surface area (Å²) in [5.74, 6) is -0.857. The molecular weight excluding hydrogens is 464 g/mol. The van der Waals surface area contributed by atoms with Gasteiger partial charge < -0.3 is 19.4 Å². The quantitative estimate of drug-likeness (QED) is 0.177. The molecule has 0 aliphatic heterocycles. The molecule has 0 spiro atoms. The molecule has 0 saturated carbocycles. The van der Waals surface area contributed by atoms with E-state index in [1.165, 1.54) is 11.8 Å². The summed E-state index contributed by atoms with van der Waals surface area (Å²) in [5, 5.41) is 2.74. The van der Waals surface area contributed by atoms with Crippen LogP contribution in [0.15, 0.2) is 65.6 Å². The second-order valence-corrected chi connectivity index (χ2v) is 9.00. The highest BCUT2D eigenvalue weighted by Crippen LogP contribution is 2.24. The third-order valence-corrected chi connectivity index (χ3v) is 6.56. The van der Waals surface area contributed by atoms with Gasteiger partial charge in [0.1, 0.15) is 0 Å². The van der Waals surface area contributed by atoms with Crippen LogP contribution in [0.2, 0.25) is 0 Å². The Labute approximate surface area is 209 Å². The second kappa shape index (κ2) is 12.9. The van der Waals surface area contributed by atoms with Crippen molar-refractivity contribution in [3.8, 4) is 0 Å². The largest absolute Gasteiger partial charge is 0.454 e. The molecule has 1 amide bonds. The second-order valence-electron chi connectivity index (χ2n) is 7.98. The molecule has 0 aliphatic rings. The molecule has 2 aromatic carbocycles. The van der Waals surface area contributed by atoms with Crippen LogP contribution in [0.3, 0.4) is 0 Å². The van der Waals surface area contributed by atoms with Crippen LogP contribution in [-0.2, 0) is 20.8 Å². The number of Topliss-reactive ketones (excluding diaryl/α,β-unsaturated/α-hetero) is 1. The van der Waals surface area contributed by atoms with E-state index < -0.39 is 5.97 Å². The molecular formula is C27H30N2O5S. The van der Waals surface area contributed by atoms with Gasteiger partial charge in [-0.1, -0.05) is 42.5 Å². The maximum Gasteiger partial charge on any atom is 0.339 e. The number of methoxy groups -OCH3 is 1. The van der Waals surface area contributed by atoms with Crippen molar-refractivity contribution in [3.05, 3.63) is 88.7 Å². The van der Waals surface area contributed by atoms with Crippen LogP contribution in [0.4, 0.5) is 0 Å². The van der Waals surface area contributed by atoms with Crippen LogP contribution in [0.5, 0.6) is 0 Å². The van der Waals surface area contributed by atoms with Crippen LogP contribution < -0.4 is 5.32 Å². The van der Waals surface area contributed by atoms with Gasteiger partial charge in [0.15, 0.2) is 6.61 Å². The Kier molecular flexibility index (Phi) is 9.69. The number of hydrogen-bond donors (Lipinski definition) is 1. The molecule has 0 aliphatic carbocycles. The van der Waals surface area contributed by atoms with Crippen LogP contribution >= 0.6 is 11.8 Å². The highest BCUT2D eigenvalue weighted by atomic mass is 32.2. The van der Waals surface area contributed by atoms with E-state index in [1.807, 2.05) is 50.2 Å². The number of nitrogens with zero attached hydrogens (tertiary/aromatic N) is 1. The summed E-state index contributed by atoms with van der Waals surface area (Å²) in [4.78, 5) is 38.2. The van der Waals surface area contributed by atoms with Crippen molar-refractivity contribution in [1.82, 2.24) is 9.88 Å². The summed E-state index contributed by atoms with van der Waals surface area (Å²) < 4.78 is 12.4. The minimum absolute atomic E-state index is 0.153. The summed E-state index contributed by atoms with van der Waals surface area (Å²) in [6, 6.07) is 18.7. The number of aryl methyl sites for hydroxylation is 1. The molecule has 0 fully saturated rings. The number of amides is 1. The minimum atomic E-state index is -0.598. The maximum atomic E-state index is 12.9. The third-order valence-electron chi connectivity index (χ3n) is 5.49. The van der Waals surface area contributed by atoms with E-state index in [0.717, 1.165) is 17.0 Å². The van der Waals surface area contributed by atoms with Crippen molar-refractivity contribution in [3.63, 3.8) is 0 Å². The van der Waals surface area contributed by atoms with Gasteiger partial charge in [0.2, 0.25) is 11.7 Å². The average Bonchev–Trinajstić information content (AvgIpc) is 3.15. The fraction of sp³-hybridized carbons (Fsp3) is 0.296. The fourth-order valence-electron chi connectivity index (χ4n) is 3.63. The number of rotatable bonds is 12. The molecule has 1 aromatic heterocycles. The number of ketones is 1. The van der Waals surface area contributed by atoms with E-state index in [4.69, 9.17) is 9.47 Å². The van der Waals surface area contributed by atoms with Crippen molar-refractivity contribution in [1.29, 1.82) is 0 Å². The monoisotopic (exact) mass is 494 g/mol. The van der Waals surface area contributed by atoms with Gasteiger partial charge in [-0.15, -0.1) is 11.8 Å². The molecule has 0 atom stereocenters. The van der Waals surface area contributed by atoms with Gasteiger partial charge in [0, 0.05) is 42.0 Å². The maximum absolute atomic E-state index is 12.9. The van der Waals surface area contributed by atoms with Crippen molar-refractivity contribution >= 4 is 29.4 Å². The number of hydrogen-bond acceptors (Lipinski definition) is 6. The van der Waals surface area contributed by atoms with Crippen LogP contribution in [0, 0.1) is 13.8 Å². The van der Waals surface area contributed by atoms with Crippen molar-refractivity contribution in [2.45, 2.75) is 25.3 Å². The lowest BCUT2D eigenvalue weighted by atomic mass is 10.1. The average molecular weight is 495 g/mol. The Morgan fingerprint density at radius 1 is 0.971 bits per heavy atom. The zero-order chi connectivity index (χ0) is 25.2. The molecule has 0 unspecified atom stereocenters. The number of nitrogens with one attached hydrogen (secondary N) is 1. The number of thioether (sulfide) groups is 1. The van der Waals surface area contributed by atoms with Gasteiger partial charge in [-0.05, 0) is 37.6 Å². The predicted molar refractivity (Wildman–Crippen MR) is 136 cm³/mol. The molecule has 7 nitrogen and oxygen atoms in total. The molecule has 1 heterocycles. The number of carbonyl (C=O) groups is 3. The molecule has 3 aromatic rings. The van der Waals surface area contributed by atoms with Gasteiger partial charge >= 0.3 is 5.97 Å². The molecule has 3 rings (SSSR count). The van der Waals surface area contributed by atoms with Crippen LogP contribution in [0.1, 0.15) is 37.7 Å². The number of benzene rings is 2. The molecule has 8 heteroatoms. The van der Waals surface area contributed by atoms with Crippen molar-refractivity contribution in [2.24, 2.45) is 0 Å². The Balaban J connectivity index is 1.61. The Morgan fingerprint density at radius 3 is 2.43 bits per heavy atom. The number of aromatic nitrogens is 1. The first-order valence-corrected chi connectivity index (χ1v) is 12.3. The van der Waals surface area contributed by atoms with E-state index in [2.05, 4.69) is 9.88 Å². The Hall–Kier alpha value is -3.36. The van der Waals surface area contributed by atoms with Gasteiger partial charge in [-0.25, -0.2) is 4.79 Å². The van der Waals surface area contributed by atoms with Crippen LogP contribution in [-0.4, -0.2) is 54.8 Å². The summed E-state index contributed by atoms with van der Waals surface area (Å²) in [5.41, 5.74) is 3.81. The molecule has 0 bridgehead atoms. The lowest BCUT2D eigenvalue weighted by Crippen LogP contribution is -2.28. The van der Waals surface area contributed by atoms with E-state index in [-0.39, 0.29) is 24.1 Å². The first-order valence-electron chi connectivity index (χ1n) is 11.3. The van der Waals surface area contributed by atoms with Gasteiger partial charge in [0.05, 0.1) is 17.9 Å². The fourth-order valence-corrected chi connectivity index (χ4v) is 4.50. The molecule has 184 valence electrons. The number of ether oxygens (including phenoxy) is 2. The number of carbonyl (C=O) groups excluding carboxylic acids is 3. The van der Waals surface area contributed by atoms with E-state index in [0.29, 0.717) is 35.7 Å². The molecule has 0 radical (unpaired) electrons. The third kappa shape index (κ3) is 7.31. The summed E-state index contributed by atoms with van der Waals surface area (Å²) >= 11 is 1.24. The zero-order valence-corrected chi connectivity index (χ0v) is 21.0. The Bertz CT molecular complexity index is 1170. The lowest BCUT2D eigenvalue weighted by Gasteiger charge is -2.11. The van der Waals surface area contributed by atoms with Gasteiger partial charge in [-0.3, -0.25) is 9.59 Å². The predicted octanol–water partition coefficient (Wildman–Crippen LogP) is 4.05. The SMILES string of the molecule is COCCNC(=O)CSc1ccccc1C(=O)OCC(=O)c1cc(C)n(Cc2ccccc2)c1C. The standard InChI is InChI=1S/C27H30N2O5S/c1-19-15-23(20(2)29(19)16-21-9-5-4-6-10-21)24(30)17-34-27(32)22-11-7-8-12-25(22)35-18-26(31)28-13-14-33-3/h4-12,15H,13-14,16-18H2,1-3H3,(H,28,31). The van der Waals surface area contributed by atoms with Crippen LogP contribution in [0.25, 0.3) is 0 Å². The van der Waals surface area contributed by atoms with E-state index >= 15 is 0 Å². The highest BCUT2D eigenvalue weighted by molar-refractivity contribution is 8.00. The summed E-state index contributed by atoms with van der Waals surface area (Å²) in [6.07, 6.45) is 0. The first kappa shape index (κ1) is 26.2. The van der Waals surface area contributed by atoms with E-state index in [1.54, 1.807) is 31.4 Å². The van der Waals surface area contributed by atoms with Crippen molar-refractivity contribution in [2.75, 3.05) is 32.6 Å². The minimum Gasteiger partial charge on any atom is -0.454 e. The van der Waals surface area contributed by atoms with E-state index in [9.17, 15) is 14.4 Å². The highest BCUT2D eigenvalue weighted by Gasteiger charge is 2.19. The molecule has 35 heavy (non-hydrogen) atoms. The first-order chi connectivity index (χ1) is 16.9. The summed E-state index contributed by atoms with van der Waals surface area (Å²) in [6.45, 7) is 5.02. The zero-order valence-electron chi connectivity index (χ0n) is 20.2. The van der Waals surface area contributed by atoms with Gasteiger partial charge in [0.25, 0.3) is 0 Å². The topological polar surface area (TPSA) is 86.6 Å². The van der Waals surface area contributed by atoms with Gasteiger partial charge in [-0.2, -0.15) is 0 Å².